The molecule has 126 valence electrons. The van der Waals surface area contributed by atoms with Gasteiger partial charge in [-0.2, -0.15) is 5.26 Å². The standard InChI is InChI=1S/C20H12ClN3OS/c21-15-5-3-4-13(10-15)14(12-22)11-16-8-9-19(25-16)26-20-23-17-6-1-2-7-18(17)24-20/h1-11H,(H,23,24)/b14-11-. The predicted molar refractivity (Wildman–Crippen MR) is 104 cm³/mol. The molecular weight excluding hydrogens is 366 g/mol. The molecule has 26 heavy (non-hydrogen) atoms. The second-order valence-corrected chi connectivity index (χ2v) is 6.93. The normalized spacial score (nSPS) is 11.6. The Bertz CT molecular complexity index is 1120. The van der Waals surface area contributed by atoms with Gasteiger partial charge in [-0.3, -0.25) is 0 Å². The van der Waals surface area contributed by atoms with Gasteiger partial charge in [0.25, 0.3) is 0 Å². The third kappa shape index (κ3) is 3.52. The lowest BCUT2D eigenvalue weighted by Gasteiger charge is -1.99. The minimum absolute atomic E-state index is 0.488. The number of hydrogen-bond donors (Lipinski definition) is 1. The van der Waals surface area contributed by atoms with Crippen molar-refractivity contribution in [3.05, 3.63) is 77.0 Å². The first kappa shape index (κ1) is 16.5. The van der Waals surface area contributed by atoms with E-state index in [1.165, 1.54) is 11.8 Å². The zero-order chi connectivity index (χ0) is 17.9. The van der Waals surface area contributed by atoms with Crippen LogP contribution in [0.25, 0.3) is 22.7 Å². The Balaban J connectivity index is 1.58. The average Bonchev–Trinajstić information content (AvgIpc) is 3.25. The first-order chi connectivity index (χ1) is 12.7. The highest BCUT2D eigenvalue weighted by molar-refractivity contribution is 7.99. The number of benzene rings is 2. The van der Waals surface area contributed by atoms with Gasteiger partial charge >= 0.3 is 0 Å². The van der Waals surface area contributed by atoms with Crippen LogP contribution in [0.15, 0.2) is 75.3 Å². The van der Waals surface area contributed by atoms with Crippen LogP contribution in [-0.4, -0.2) is 9.97 Å². The van der Waals surface area contributed by atoms with E-state index in [0.29, 0.717) is 21.4 Å². The summed E-state index contributed by atoms with van der Waals surface area (Å²) < 4.78 is 5.81. The van der Waals surface area contributed by atoms with E-state index >= 15 is 0 Å². The van der Waals surface area contributed by atoms with Crippen molar-refractivity contribution in [2.24, 2.45) is 0 Å². The summed E-state index contributed by atoms with van der Waals surface area (Å²) >= 11 is 7.40. The summed E-state index contributed by atoms with van der Waals surface area (Å²) in [7, 11) is 0. The van der Waals surface area contributed by atoms with E-state index in [-0.39, 0.29) is 0 Å². The molecule has 4 rings (SSSR count). The molecule has 0 unspecified atom stereocenters. The van der Waals surface area contributed by atoms with Crippen molar-refractivity contribution < 1.29 is 4.42 Å². The molecule has 0 radical (unpaired) electrons. The number of nitrogens with zero attached hydrogens (tertiary/aromatic N) is 2. The zero-order valence-corrected chi connectivity index (χ0v) is 15.0. The number of halogens is 1. The molecular formula is C20H12ClN3OS. The molecule has 0 aliphatic heterocycles. The quantitative estimate of drug-likeness (QED) is 0.441. The lowest BCUT2D eigenvalue weighted by Crippen LogP contribution is -1.81. The van der Waals surface area contributed by atoms with E-state index in [0.717, 1.165) is 21.8 Å². The molecule has 0 aliphatic rings. The maximum absolute atomic E-state index is 9.43. The second kappa shape index (κ2) is 7.12. The third-order valence-corrected chi connectivity index (χ3v) is 4.75. The predicted octanol–water partition coefficient (Wildman–Crippen LogP) is 6.02. The highest BCUT2D eigenvalue weighted by Crippen LogP contribution is 2.30. The Morgan fingerprint density at radius 2 is 2.04 bits per heavy atom. The SMILES string of the molecule is N#C/C(=C/c1ccc(Sc2nc3ccccc3[nH]2)o1)c1cccc(Cl)c1. The number of para-hydroxylation sites is 2. The van der Waals surface area contributed by atoms with Gasteiger partial charge in [-0.05, 0) is 59.8 Å². The van der Waals surface area contributed by atoms with Crippen LogP contribution >= 0.6 is 23.4 Å². The number of nitriles is 1. The molecule has 2 heterocycles. The number of allylic oxidation sites excluding steroid dienone is 1. The third-order valence-electron chi connectivity index (χ3n) is 3.71. The lowest BCUT2D eigenvalue weighted by atomic mass is 10.1. The molecule has 4 nitrogen and oxygen atoms in total. The minimum Gasteiger partial charge on any atom is -0.450 e. The molecule has 0 saturated carbocycles. The van der Waals surface area contributed by atoms with Gasteiger partial charge in [-0.15, -0.1) is 0 Å². The van der Waals surface area contributed by atoms with Gasteiger partial charge in [0.15, 0.2) is 10.2 Å². The monoisotopic (exact) mass is 377 g/mol. The summed E-state index contributed by atoms with van der Waals surface area (Å²) in [5.41, 5.74) is 3.13. The second-order valence-electron chi connectivity index (χ2n) is 5.50. The maximum Gasteiger partial charge on any atom is 0.174 e. The molecule has 1 N–H and O–H groups in total. The largest absolute Gasteiger partial charge is 0.450 e. The molecule has 0 atom stereocenters. The van der Waals surface area contributed by atoms with E-state index in [9.17, 15) is 5.26 Å². The highest BCUT2D eigenvalue weighted by Gasteiger charge is 2.09. The van der Waals surface area contributed by atoms with Gasteiger partial charge in [0.1, 0.15) is 5.76 Å². The van der Waals surface area contributed by atoms with Crippen LogP contribution in [0, 0.1) is 11.3 Å². The van der Waals surface area contributed by atoms with Gasteiger partial charge in [0, 0.05) is 5.02 Å². The van der Waals surface area contributed by atoms with Crippen LogP contribution in [0.4, 0.5) is 0 Å². The average molecular weight is 378 g/mol. The van der Waals surface area contributed by atoms with Crippen LogP contribution < -0.4 is 0 Å². The number of nitrogens with one attached hydrogen (secondary N) is 1. The first-order valence-electron chi connectivity index (χ1n) is 7.81. The number of aromatic nitrogens is 2. The van der Waals surface area contributed by atoms with Crippen LogP contribution in [0.1, 0.15) is 11.3 Å². The van der Waals surface area contributed by atoms with Crippen LogP contribution in [0.2, 0.25) is 5.02 Å². The summed E-state index contributed by atoms with van der Waals surface area (Å²) in [6, 6.07) is 20.9. The number of hydrogen-bond acceptors (Lipinski definition) is 4. The van der Waals surface area contributed by atoms with E-state index < -0.39 is 0 Å². The molecule has 6 heteroatoms. The summed E-state index contributed by atoms with van der Waals surface area (Å²) in [6.07, 6.45) is 1.70. The maximum atomic E-state index is 9.43. The molecule has 0 fully saturated rings. The zero-order valence-electron chi connectivity index (χ0n) is 13.4. The summed E-state index contributed by atoms with van der Waals surface area (Å²) in [6.45, 7) is 0. The van der Waals surface area contributed by atoms with Crippen molar-refractivity contribution in [2.75, 3.05) is 0 Å². The Labute approximate surface area is 159 Å². The molecule has 0 bridgehead atoms. The molecule has 0 amide bonds. The molecule has 0 saturated heterocycles. The van der Waals surface area contributed by atoms with E-state index in [4.69, 9.17) is 16.0 Å². The van der Waals surface area contributed by atoms with E-state index in [1.54, 1.807) is 18.2 Å². The first-order valence-corrected chi connectivity index (χ1v) is 9.01. The van der Waals surface area contributed by atoms with Crippen molar-refractivity contribution in [3.8, 4) is 6.07 Å². The topological polar surface area (TPSA) is 65.6 Å². The fourth-order valence-corrected chi connectivity index (χ4v) is 3.48. The van der Waals surface area contributed by atoms with Gasteiger partial charge in [0.2, 0.25) is 0 Å². The van der Waals surface area contributed by atoms with E-state index in [1.807, 2.05) is 48.5 Å². The minimum atomic E-state index is 0.488. The van der Waals surface area contributed by atoms with Crippen LogP contribution in [0.3, 0.4) is 0 Å². The van der Waals surface area contributed by atoms with Gasteiger partial charge in [-0.1, -0.05) is 35.9 Å². The Hall–Kier alpha value is -2.94. The Kier molecular flexibility index (Phi) is 4.53. The molecule has 4 aromatic rings. The van der Waals surface area contributed by atoms with Crippen molar-refractivity contribution in [2.45, 2.75) is 10.2 Å². The van der Waals surface area contributed by atoms with Crippen LogP contribution in [-0.2, 0) is 0 Å². The molecule has 0 spiro atoms. The molecule has 0 aliphatic carbocycles. The fraction of sp³-hybridized carbons (Fsp3) is 0. The Morgan fingerprint density at radius 1 is 1.15 bits per heavy atom. The summed E-state index contributed by atoms with van der Waals surface area (Å²) in [5, 5.41) is 11.5. The van der Waals surface area contributed by atoms with Crippen molar-refractivity contribution >= 4 is 46.0 Å². The summed E-state index contributed by atoms with van der Waals surface area (Å²) in [5.74, 6) is 0.597. The number of fused-ring (bicyclic) bond motifs is 1. The van der Waals surface area contributed by atoms with E-state index in [2.05, 4.69) is 16.0 Å². The number of rotatable bonds is 4. The van der Waals surface area contributed by atoms with Crippen molar-refractivity contribution in [1.29, 1.82) is 5.26 Å². The number of furan rings is 1. The smallest absolute Gasteiger partial charge is 0.174 e. The highest BCUT2D eigenvalue weighted by atomic mass is 35.5. The number of imidazole rings is 1. The van der Waals surface area contributed by atoms with Gasteiger partial charge in [-0.25, -0.2) is 4.98 Å². The lowest BCUT2D eigenvalue weighted by molar-refractivity contribution is 0.466. The Morgan fingerprint density at radius 3 is 2.85 bits per heavy atom. The van der Waals surface area contributed by atoms with Gasteiger partial charge < -0.3 is 9.40 Å². The number of aromatic amines is 1. The molecule has 2 aromatic carbocycles. The van der Waals surface area contributed by atoms with Gasteiger partial charge in [0.05, 0.1) is 22.7 Å². The summed E-state index contributed by atoms with van der Waals surface area (Å²) in [4.78, 5) is 7.76. The fourth-order valence-electron chi connectivity index (χ4n) is 2.52. The van der Waals surface area contributed by atoms with Crippen molar-refractivity contribution in [3.63, 3.8) is 0 Å². The molecule has 2 aromatic heterocycles. The van der Waals surface area contributed by atoms with Crippen LogP contribution in [0.5, 0.6) is 0 Å². The van der Waals surface area contributed by atoms with Crippen molar-refractivity contribution in [1.82, 2.24) is 9.97 Å². The number of H-pyrrole nitrogens is 1.